The Balaban J connectivity index is 0.000000231. The van der Waals surface area contributed by atoms with Crippen molar-refractivity contribution in [1.82, 2.24) is 9.96 Å². The number of aliphatic hydroxyl groups is 1. The Kier molecular flexibility index (Phi) is 22.3. The average Bonchev–Trinajstić information content (AvgIpc) is 3.91. The van der Waals surface area contributed by atoms with E-state index in [0.717, 1.165) is 53.3 Å². The normalized spacial score (nSPS) is 17.7. The van der Waals surface area contributed by atoms with Gasteiger partial charge in [0.05, 0.1) is 18.9 Å². The zero-order valence-electron chi connectivity index (χ0n) is 48.8. The van der Waals surface area contributed by atoms with E-state index in [0.29, 0.717) is 24.9 Å². The van der Waals surface area contributed by atoms with E-state index in [9.17, 15) is 32.7 Å². The third-order valence-electron chi connectivity index (χ3n) is 14.7. The molecule has 0 bridgehead atoms. The third-order valence-corrected chi connectivity index (χ3v) is 15.3. The minimum Gasteiger partial charge on any atom is -0.512 e. The van der Waals surface area contributed by atoms with Gasteiger partial charge in [0.15, 0.2) is 0 Å². The first-order valence-electron chi connectivity index (χ1n) is 27.4. The SMILES string of the molecule is CCC(CC(=O)N(C)OC)c1cccc(C)c1.CCC[C@]1(CCc2ccccc2)CC(O)=C([C@@H](c2cccc(NS(C)(=O)=O)c2)C(C)(C)C)C(=O)O1.Cc1cccc([C@H](CC(=O)N2C(=O)OC[C@@H]2c2ccccc2)C(C)(C)C)c1. The minimum absolute atomic E-state index is 0.00900. The number of nitrogens with zero attached hydrogens (tertiary/aromatic N) is 2. The molecular formula is C65H85N3O10S. The number of esters is 1. The molecule has 5 atom stereocenters. The average molecular weight is 1100 g/mol. The van der Waals surface area contributed by atoms with Crippen LogP contribution in [0.25, 0.3) is 0 Å². The van der Waals surface area contributed by atoms with Crippen LogP contribution in [0.4, 0.5) is 10.5 Å². The lowest BCUT2D eigenvalue weighted by Crippen LogP contribution is -2.43. The summed E-state index contributed by atoms with van der Waals surface area (Å²) >= 11 is 0. The number of ether oxygens (including phenoxy) is 2. The number of hydroxylamine groups is 2. The van der Waals surface area contributed by atoms with Crippen LogP contribution in [-0.4, -0.2) is 80.0 Å². The van der Waals surface area contributed by atoms with Crippen molar-refractivity contribution >= 4 is 39.6 Å². The number of carbonyl (C=O) groups excluding carboxylic acids is 4. The van der Waals surface area contributed by atoms with E-state index in [1.54, 1.807) is 25.2 Å². The number of imide groups is 1. The predicted molar refractivity (Wildman–Crippen MR) is 314 cm³/mol. The Morgan fingerprint density at radius 3 is 1.91 bits per heavy atom. The molecule has 1 saturated heterocycles. The van der Waals surface area contributed by atoms with Crippen molar-refractivity contribution in [3.8, 4) is 0 Å². The molecule has 3 amide bonds. The molecule has 2 aliphatic heterocycles. The van der Waals surface area contributed by atoms with Gasteiger partial charge in [-0.3, -0.25) is 19.1 Å². The third kappa shape index (κ3) is 18.1. The van der Waals surface area contributed by atoms with Gasteiger partial charge in [0.25, 0.3) is 0 Å². The molecule has 1 unspecified atom stereocenters. The van der Waals surface area contributed by atoms with Gasteiger partial charge in [-0.15, -0.1) is 0 Å². The number of benzene rings is 5. The number of aryl methyl sites for hydroxylation is 3. The van der Waals surface area contributed by atoms with E-state index in [4.69, 9.17) is 14.3 Å². The highest BCUT2D eigenvalue weighted by Crippen LogP contribution is 2.48. The molecule has 0 radical (unpaired) electrons. The van der Waals surface area contributed by atoms with Gasteiger partial charge < -0.3 is 14.6 Å². The number of anilines is 1. The van der Waals surface area contributed by atoms with Crippen LogP contribution in [0.2, 0.25) is 0 Å². The smallest absolute Gasteiger partial charge is 0.417 e. The monoisotopic (exact) mass is 1100 g/mol. The van der Waals surface area contributed by atoms with Crippen LogP contribution in [0.15, 0.2) is 145 Å². The zero-order chi connectivity index (χ0) is 58.3. The molecule has 79 heavy (non-hydrogen) atoms. The summed E-state index contributed by atoms with van der Waals surface area (Å²) in [5.74, 6) is -0.825. The van der Waals surface area contributed by atoms with Crippen molar-refractivity contribution in [3.63, 3.8) is 0 Å². The fourth-order valence-electron chi connectivity index (χ4n) is 10.6. The summed E-state index contributed by atoms with van der Waals surface area (Å²) in [5, 5.41) is 12.6. The van der Waals surface area contributed by atoms with Crippen LogP contribution in [0.1, 0.15) is 163 Å². The lowest BCUT2D eigenvalue weighted by molar-refractivity contribution is -0.169. The van der Waals surface area contributed by atoms with Crippen molar-refractivity contribution in [2.24, 2.45) is 10.8 Å². The van der Waals surface area contributed by atoms with E-state index < -0.39 is 39.0 Å². The number of aliphatic hydroxyl groups excluding tert-OH is 1. The topological polar surface area (TPSA) is 169 Å². The first-order chi connectivity index (χ1) is 37.2. The lowest BCUT2D eigenvalue weighted by Gasteiger charge is -2.41. The van der Waals surface area contributed by atoms with E-state index in [-0.39, 0.29) is 65.9 Å². The summed E-state index contributed by atoms with van der Waals surface area (Å²) in [7, 11) is -0.306. The Bertz CT molecular complexity index is 2980. The minimum atomic E-state index is -3.46. The Morgan fingerprint density at radius 2 is 1.37 bits per heavy atom. The standard InChI is InChI=1S/C28H37NO5S.C23H27NO3.C14H21NO2/c1-6-16-28(17-15-20-11-8-7-9-12-20)19-23(30)24(26(31)34-28)25(27(2,3)4)21-13-10-14-22(18-21)29-35(5,32)33;1-16-9-8-12-18(13-16)19(23(2,3)4)14-21(25)24-20(15-27-22(24)26)17-10-6-5-7-11-17;1-5-12(10-14(16)15(3)17-4)13-8-6-7-11(2)9-13/h7-14,18,25,29-30H,6,15-17,19H2,1-5H3;5-13,19-20H,14-15H2,1-4H3;6-9,12H,5,10H2,1-4H3/t25-,28+;19-,20+;/m10./s1. The van der Waals surface area contributed by atoms with Crippen LogP contribution in [-0.2, 0) is 45.1 Å². The summed E-state index contributed by atoms with van der Waals surface area (Å²) < 4.78 is 37.4. The number of sulfonamides is 1. The predicted octanol–water partition coefficient (Wildman–Crippen LogP) is 14.3. The summed E-state index contributed by atoms with van der Waals surface area (Å²) in [6, 6.07) is 42.9. The summed E-state index contributed by atoms with van der Waals surface area (Å²) in [6.45, 7) is 20.8. The number of hydrogen-bond acceptors (Lipinski definition) is 10. The molecule has 13 nitrogen and oxygen atoms in total. The molecule has 5 aromatic rings. The number of cyclic esters (lactones) is 2. The Morgan fingerprint density at radius 1 is 0.785 bits per heavy atom. The molecule has 0 spiro atoms. The van der Waals surface area contributed by atoms with E-state index in [1.165, 1.54) is 28.2 Å². The van der Waals surface area contributed by atoms with E-state index in [1.807, 2.05) is 107 Å². The number of rotatable bonds is 18. The fourth-order valence-corrected chi connectivity index (χ4v) is 11.2. The maximum absolute atomic E-state index is 13.5. The Hall–Kier alpha value is -6.77. The zero-order valence-corrected chi connectivity index (χ0v) is 49.6. The number of hydrogen-bond donors (Lipinski definition) is 2. The molecule has 426 valence electrons. The van der Waals surface area contributed by atoms with Crippen molar-refractivity contribution in [1.29, 1.82) is 0 Å². The first kappa shape index (κ1) is 63.1. The van der Waals surface area contributed by atoms with Crippen LogP contribution in [0.5, 0.6) is 0 Å². The molecule has 0 aliphatic carbocycles. The highest BCUT2D eigenvalue weighted by Gasteiger charge is 2.46. The molecule has 7 rings (SSSR count). The van der Waals surface area contributed by atoms with Gasteiger partial charge in [-0.1, -0.05) is 194 Å². The maximum atomic E-state index is 13.5. The largest absolute Gasteiger partial charge is 0.512 e. The van der Waals surface area contributed by atoms with E-state index >= 15 is 0 Å². The fraction of sp³-hybridized carbons (Fsp3) is 0.446. The highest BCUT2D eigenvalue weighted by molar-refractivity contribution is 7.92. The second-order valence-electron chi connectivity index (χ2n) is 23.2. The van der Waals surface area contributed by atoms with Gasteiger partial charge >= 0.3 is 12.1 Å². The molecule has 1 fully saturated rings. The second kappa shape index (κ2) is 27.9. The van der Waals surface area contributed by atoms with Crippen LogP contribution >= 0.6 is 0 Å². The first-order valence-corrected chi connectivity index (χ1v) is 29.3. The van der Waals surface area contributed by atoms with Gasteiger partial charge in [0, 0.05) is 37.9 Å². The van der Waals surface area contributed by atoms with Crippen molar-refractivity contribution in [3.05, 3.63) is 184 Å². The van der Waals surface area contributed by atoms with Crippen LogP contribution < -0.4 is 4.72 Å². The van der Waals surface area contributed by atoms with Crippen molar-refractivity contribution in [2.75, 3.05) is 31.7 Å². The Labute approximate surface area is 470 Å². The quantitative estimate of drug-likeness (QED) is 0.0636. The molecule has 2 aliphatic rings. The van der Waals surface area contributed by atoms with Crippen molar-refractivity contribution < 1.29 is 47.0 Å². The lowest BCUT2D eigenvalue weighted by atomic mass is 9.70. The number of amides is 3. The van der Waals surface area contributed by atoms with Crippen molar-refractivity contribution in [2.45, 2.75) is 150 Å². The van der Waals surface area contributed by atoms with Gasteiger partial charge in [0.1, 0.15) is 24.0 Å². The molecule has 0 saturated carbocycles. The molecule has 5 aromatic carbocycles. The molecule has 2 heterocycles. The second-order valence-corrected chi connectivity index (χ2v) is 25.0. The van der Waals surface area contributed by atoms with Gasteiger partial charge in [-0.25, -0.2) is 28.0 Å². The molecule has 2 N–H and O–H groups in total. The van der Waals surface area contributed by atoms with Gasteiger partial charge in [-0.05, 0) is 102 Å². The maximum Gasteiger partial charge on any atom is 0.417 e. The van der Waals surface area contributed by atoms with Gasteiger partial charge in [-0.2, -0.15) is 0 Å². The van der Waals surface area contributed by atoms with Crippen LogP contribution in [0.3, 0.4) is 0 Å². The summed E-state index contributed by atoms with van der Waals surface area (Å²) in [5.41, 5.74) is 6.91. The molecule has 0 aromatic heterocycles. The van der Waals surface area contributed by atoms with Gasteiger partial charge in [0.2, 0.25) is 21.8 Å². The number of nitrogens with one attached hydrogen (secondary N) is 1. The highest BCUT2D eigenvalue weighted by atomic mass is 32.2. The molecule has 14 heteroatoms. The number of carbonyl (C=O) groups is 4. The van der Waals surface area contributed by atoms with E-state index in [2.05, 4.69) is 81.8 Å². The van der Waals surface area contributed by atoms with Crippen LogP contribution in [0, 0.1) is 24.7 Å². The summed E-state index contributed by atoms with van der Waals surface area (Å²) in [6.07, 6.45) is 5.39. The molecular weight excluding hydrogens is 1010 g/mol. The summed E-state index contributed by atoms with van der Waals surface area (Å²) in [4.78, 5) is 57.0.